The van der Waals surface area contributed by atoms with Crippen molar-refractivity contribution in [1.82, 2.24) is 9.47 Å². The molecule has 3 nitrogen and oxygen atoms in total. The average Bonchev–Trinajstić information content (AvgIpc) is 2.91. The van der Waals surface area contributed by atoms with Gasteiger partial charge in [0.1, 0.15) is 18.2 Å². The van der Waals surface area contributed by atoms with E-state index in [2.05, 4.69) is 11.8 Å². The number of likely N-dealkylation sites (N-methyl/N-ethyl adjacent to an activating group) is 1. The van der Waals surface area contributed by atoms with Crippen molar-refractivity contribution in [2.75, 3.05) is 20.7 Å². The number of halogens is 2. The van der Waals surface area contributed by atoms with E-state index in [9.17, 15) is 4.39 Å². The highest BCUT2D eigenvalue weighted by Crippen LogP contribution is 2.33. The van der Waals surface area contributed by atoms with Crippen molar-refractivity contribution in [1.29, 1.82) is 0 Å². The molecular formula is C19H20ClFN2O. The third-order valence-electron chi connectivity index (χ3n) is 4.20. The molecular weight excluding hydrogens is 327 g/mol. The van der Waals surface area contributed by atoms with Gasteiger partial charge in [-0.05, 0) is 63.5 Å². The molecule has 0 bridgehead atoms. The molecule has 0 saturated carbocycles. The Morgan fingerprint density at radius 3 is 2.54 bits per heavy atom. The van der Waals surface area contributed by atoms with Crippen LogP contribution < -0.4 is 4.74 Å². The first-order valence-corrected chi connectivity index (χ1v) is 8.19. The second-order valence-electron chi connectivity index (χ2n) is 6.12. The number of rotatable bonds is 5. The molecule has 1 aromatic heterocycles. The molecule has 0 saturated heterocycles. The van der Waals surface area contributed by atoms with E-state index < -0.39 is 0 Å². The van der Waals surface area contributed by atoms with Gasteiger partial charge in [-0.3, -0.25) is 0 Å². The maximum absolute atomic E-state index is 13.2. The molecule has 2 aromatic carbocycles. The Kier molecular flexibility index (Phi) is 4.78. The van der Waals surface area contributed by atoms with Gasteiger partial charge in [0.25, 0.3) is 0 Å². The molecule has 0 radical (unpaired) electrons. The van der Waals surface area contributed by atoms with Gasteiger partial charge in [-0.1, -0.05) is 11.6 Å². The summed E-state index contributed by atoms with van der Waals surface area (Å²) in [7, 11) is 4.04. The second kappa shape index (κ2) is 6.83. The number of hydrogen-bond donors (Lipinski definition) is 0. The van der Waals surface area contributed by atoms with Gasteiger partial charge in [0.2, 0.25) is 0 Å². The SMILES string of the molecule is C[C@@H](COc1cn(-c2ccc(F)cc2)c2ccc(Cl)cc12)N(C)C. The van der Waals surface area contributed by atoms with Crippen LogP contribution in [0.25, 0.3) is 16.6 Å². The van der Waals surface area contributed by atoms with Crippen LogP contribution in [0.3, 0.4) is 0 Å². The summed E-state index contributed by atoms with van der Waals surface area (Å²) in [4.78, 5) is 2.10. The maximum atomic E-state index is 13.2. The molecule has 0 aliphatic heterocycles. The number of benzene rings is 2. The van der Waals surface area contributed by atoms with Gasteiger partial charge in [-0.15, -0.1) is 0 Å². The molecule has 0 spiro atoms. The lowest BCUT2D eigenvalue weighted by Gasteiger charge is -2.19. The van der Waals surface area contributed by atoms with E-state index >= 15 is 0 Å². The molecule has 0 fully saturated rings. The molecule has 3 rings (SSSR count). The first-order valence-electron chi connectivity index (χ1n) is 7.81. The number of hydrogen-bond acceptors (Lipinski definition) is 2. The Balaban J connectivity index is 2.02. The Bertz CT molecular complexity index is 842. The number of nitrogens with zero attached hydrogens (tertiary/aromatic N) is 2. The largest absolute Gasteiger partial charge is 0.490 e. The van der Waals surface area contributed by atoms with Crippen LogP contribution in [0.15, 0.2) is 48.7 Å². The van der Waals surface area contributed by atoms with E-state index in [4.69, 9.17) is 16.3 Å². The van der Waals surface area contributed by atoms with Crippen molar-refractivity contribution in [3.8, 4) is 11.4 Å². The highest BCUT2D eigenvalue weighted by Gasteiger charge is 2.13. The lowest BCUT2D eigenvalue weighted by Crippen LogP contribution is -2.30. The zero-order chi connectivity index (χ0) is 17.3. The van der Waals surface area contributed by atoms with Gasteiger partial charge in [-0.25, -0.2) is 4.39 Å². The van der Waals surface area contributed by atoms with E-state index in [1.54, 1.807) is 12.1 Å². The van der Waals surface area contributed by atoms with Crippen LogP contribution in [0.5, 0.6) is 5.75 Å². The summed E-state index contributed by atoms with van der Waals surface area (Å²) in [5.41, 5.74) is 1.85. The number of fused-ring (bicyclic) bond motifs is 1. The second-order valence-corrected chi connectivity index (χ2v) is 6.56. The molecule has 24 heavy (non-hydrogen) atoms. The molecule has 1 atom stereocenters. The third-order valence-corrected chi connectivity index (χ3v) is 4.43. The van der Waals surface area contributed by atoms with Crippen LogP contribution in [0, 0.1) is 5.82 Å². The summed E-state index contributed by atoms with van der Waals surface area (Å²) in [5, 5.41) is 1.60. The zero-order valence-electron chi connectivity index (χ0n) is 14.0. The minimum Gasteiger partial charge on any atom is -0.490 e. The van der Waals surface area contributed by atoms with Crippen LogP contribution in [-0.2, 0) is 0 Å². The van der Waals surface area contributed by atoms with E-state index in [1.165, 1.54) is 12.1 Å². The fraction of sp³-hybridized carbons (Fsp3) is 0.263. The fourth-order valence-corrected chi connectivity index (χ4v) is 2.63. The van der Waals surface area contributed by atoms with E-state index in [0.717, 1.165) is 22.3 Å². The summed E-state index contributed by atoms with van der Waals surface area (Å²) < 4.78 is 21.2. The van der Waals surface area contributed by atoms with Gasteiger partial charge in [-0.2, -0.15) is 0 Å². The minimum absolute atomic E-state index is 0.255. The molecule has 3 aromatic rings. The monoisotopic (exact) mass is 346 g/mol. The van der Waals surface area contributed by atoms with Crippen LogP contribution in [0.2, 0.25) is 5.02 Å². The van der Waals surface area contributed by atoms with Gasteiger partial charge in [0, 0.05) is 22.1 Å². The van der Waals surface area contributed by atoms with Crippen LogP contribution in [0.4, 0.5) is 4.39 Å². The lowest BCUT2D eigenvalue weighted by atomic mass is 10.2. The number of aromatic nitrogens is 1. The Morgan fingerprint density at radius 1 is 1.17 bits per heavy atom. The molecule has 0 amide bonds. The minimum atomic E-state index is -0.255. The quantitative estimate of drug-likeness (QED) is 0.663. The van der Waals surface area contributed by atoms with Crippen molar-refractivity contribution in [3.05, 3.63) is 59.5 Å². The van der Waals surface area contributed by atoms with Crippen molar-refractivity contribution < 1.29 is 9.13 Å². The number of ether oxygens (including phenoxy) is 1. The Labute approximate surface area is 146 Å². The molecule has 1 heterocycles. The summed E-state index contributed by atoms with van der Waals surface area (Å²) in [6, 6.07) is 12.4. The third kappa shape index (κ3) is 3.40. The first-order chi connectivity index (χ1) is 11.5. The topological polar surface area (TPSA) is 17.4 Å². The maximum Gasteiger partial charge on any atom is 0.145 e. The van der Waals surface area contributed by atoms with Crippen molar-refractivity contribution in [2.45, 2.75) is 13.0 Å². The summed E-state index contributed by atoms with van der Waals surface area (Å²) in [5.74, 6) is 0.514. The predicted octanol–water partition coefficient (Wildman–Crippen LogP) is 4.75. The highest BCUT2D eigenvalue weighted by atomic mass is 35.5. The molecule has 0 unspecified atom stereocenters. The Hall–Kier alpha value is -2.04. The van der Waals surface area contributed by atoms with Gasteiger partial charge < -0.3 is 14.2 Å². The normalized spacial score (nSPS) is 12.8. The van der Waals surface area contributed by atoms with Crippen molar-refractivity contribution >= 4 is 22.5 Å². The summed E-state index contributed by atoms with van der Waals surface area (Å²) >= 11 is 6.16. The van der Waals surface area contributed by atoms with Gasteiger partial charge in [0.15, 0.2) is 0 Å². The van der Waals surface area contributed by atoms with Gasteiger partial charge in [0.05, 0.1) is 11.7 Å². The molecule has 0 aliphatic carbocycles. The fourth-order valence-electron chi connectivity index (χ4n) is 2.46. The van der Waals surface area contributed by atoms with Crippen molar-refractivity contribution in [2.24, 2.45) is 0 Å². The summed E-state index contributed by atoms with van der Waals surface area (Å²) in [6.07, 6.45) is 1.93. The van der Waals surface area contributed by atoms with Crippen LogP contribution >= 0.6 is 11.6 Å². The lowest BCUT2D eigenvalue weighted by molar-refractivity contribution is 0.200. The smallest absolute Gasteiger partial charge is 0.145 e. The Morgan fingerprint density at radius 2 is 1.88 bits per heavy atom. The first kappa shape index (κ1) is 16.8. The molecule has 5 heteroatoms. The average molecular weight is 347 g/mol. The zero-order valence-corrected chi connectivity index (χ0v) is 14.7. The molecule has 0 aliphatic rings. The van der Waals surface area contributed by atoms with E-state index in [-0.39, 0.29) is 11.9 Å². The van der Waals surface area contributed by atoms with E-state index in [1.807, 2.05) is 43.1 Å². The van der Waals surface area contributed by atoms with Gasteiger partial charge >= 0.3 is 0 Å². The van der Waals surface area contributed by atoms with Crippen LogP contribution in [0.1, 0.15) is 6.92 Å². The van der Waals surface area contributed by atoms with Crippen LogP contribution in [-0.4, -0.2) is 36.2 Å². The predicted molar refractivity (Wildman–Crippen MR) is 96.9 cm³/mol. The van der Waals surface area contributed by atoms with Crippen molar-refractivity contribution in [3.63, 3.8) is 0 Å². The standard InChI is InChI=1S/C19H20ClFN2O/c1-13(22(2)3)12-24-19-11-23(16-7-5-15(21)6-8-16)18-9-4-14(20)10-17(18)19/h4-11,13H,12H2,1-3H3/t13-/m0/s1. The molecule has 0 N–H and O–H groups in total. The van der Waals surface area contributed by atoms with E-state index in [0.29, 0.717) is 11.6 Å². The highest BCUT2D eigenvalue weighted by molar-refractivity contribution is 6.31. The summed E-state index contributed by atoms with van der Waals surface area (Å²) in [6.45, 7) is 2.67. The molecule has 126 valence electrons.